The van der Waals surface area contributed by atoms with Crippen molar-refractivity contribution >= 4 is 54.6 Å². The lowest BCUT2D eigenvalue weighted by atomic mass is 10.1. The zero-order valence-corrected chi connectivity index (χ0v) is 14.7. The van der Waals surface area contributed by atoms with Crippen LogP contribution in [0.25, 0.3) is 10.2 Å². The van der Waals surface area contributed by atoms with E-state index in [1.807, 2.05) is 12.1 Å². The Bertz CT molecular complexity index is 805. The summed E-state index contributed by atoms with van der Waals surface area (Å²) in [7, 11) is 0. The van der Waals surface area contributed by atoms with Crippen molar-refractivity contribution in [1.29, 1.82) is 0 Å². The number of hydrogen-bond acceptors (Lipinski definition) is 4. The third-order valence-corrected chi connectivity index (χ3v) is 5.12. The molecule has 1 aromatic carbocycles. The standard InChI is InChI=1S/C14H13BrF2N4O2S/c15-8-1-2-9-10(5-8)24-13(19-9)21(12(18)23)4-3-11(22)20-6-14(16,17)7-20/h1-2,5H,3-4,6-7H2,(H2,18,23). The van der Waals surface area contributed by atoms with Crippen LogP contribution in [0.2, 0.25) is 0 Å². The molecule has 24 heavy (non-hydrogen) atoms. The van der Waals surface area contributed by atoms with Gasteiger partial charge in [0, 0.05) is 17.4 Å². The number of fused-ring (bicyclic) bond motifs is 1. The number of benzene rings is 1. The zero-order valence-electron chi connectivity index (χ0n) is 12.3. The van der Waals surface area contributed by atoms with Crippen molar-refractivity contribution in [2.45, 2.75) is 12.3 Å². The Balaban J connectivity index is 1.70. The molecule has 0 spiro atoms. The molecule has 2 aromatic rings. The van der Waals surface area contributed by atoms with Gasteiger partial charge in [-0.3, -0.25) is 9.69 Å². The van der Waals surface area contributed by atoms with Gasteiger partial charge in [0.1, 0.15) is 0 Å². The number of urea groups is 1. The van der Waals surface area contributed by atoms with Crippen LogP contribution in [0.1, 0.15) is 6.42 Å². The molecular formula is C14H13BrF2N4O2S. The van der Waals surface area contributed by atoms with Gasteiger partial charge < -0.3 is 10.6 Å². The Morgan fingerprint density at radius 1 is 1.42 bits per heavy atom. The molecule has 0 unspecified atom stereocenters. The number of rotatable bonds is 4. The van der Waals surface area contributed by atoms with E-state index < -0.39 is 31.0 Å². The molecule has 1 aliphatic heterocycles. The van der Waals surface area contributed by atoms with Gasteiger partial charge in [0.2, 0.25) is 5.91 Å². The molecule has 0 aliphatic carbocycles. The van der Waals surface area contributed by atoms with E-state index in [1.165, 1.54) is 16.2 Å². The van der Waals surface area contributed by atoms with E-state index in [0.717, 1.165) is 14.1 Å². The molecule has 6 nitrogen and oxygen atoms in total. The quantitative estimate of drug-likeness (QED) is 0.828. The van der Waals surface area contributed by atoms with Crippen molar-refractivity contribution in [3.05, 3.63) is 22.7 Å². The molecule has 0 saturated carbocycles. The van der Waals surface area contributed by atoms with Gasteiger partial charge in [-0.25, -0.2) is 18.6 Å². The summed E-state index contributed by atoms with van der Waals surface area (Å²) in [6.45, 7) is -1.15. The van der Waals surface area contributed by atoms with E-state index in [-0.39, 0.29) is 13.0 Å². The normalized spacial score (nSPS) is 16.0. The average Bonchev–Trinajstić information content (AvgIpc) is 2.86. The first-order chi connectivity index (χ1) is 11.2. The molecule has 2 heterocycles. The molecule has 0 radical (unpaired) electrons. The predicted octanol–water partition coefficient (Wildman–Crippen LogP) is 2.81. The summed E-state index contributed by atoms with van der Waals surface area (Å²) in [4.78, 5) is 30.1. The molecule has 1 aromatic heterocycles. The van der Waals surface area contributed by atoms with Crippen molar-refractivity contribution in [2.75, 3.05) is 24.5 Å². The number of nitrogens with zero attached hydrogens (tertiary/aromatic N) is 3. The second-order valence-corrected chi connectivity index (χ2v) is 7.38. The summed E-state index contributed by atoms with van der Waals surface area (Å²) < 4.78 is 27.3. The van der Waals surface area contributed by atoms with Crippen LogP contribution in [0.5, 0.6) is 0 Å². The predicted molar refractivity (Wildman–Crippen MR) is 90.4 cm³/mol. The molecule has 1 aliphatic rings. The van der Waals surface area contributed by atoms with Crippen molar-refractivity contribution in [3.63, 3.8) is 0 Å². The Morgan fingerprint density at radius 2 is 2.12 bits per heavy atom. The van der Waals surface area contributed by atoms with Crippen LogP contribution >= 0.6 is 27.3 Å². The summed E-state index contributed by atoms with van der Waals surface area (Å²) in [6, 6.07) is 4.75. The number of nitrogens with two attached hydrogens (primary N) is 1. The maximum atomic E-state index is 12.8. The number of thiazole rings is 1. The summed E-state index contributed by atoms with van der Waals surface area (Å²) in [5.41, 5.74) is 6.08. The lowest BCUT2D eigenvalue weighted by Crippen LogP contribution is -2.58. The molecule has 3 amide bonds. The first-order valence-corrected chi connectivity index (χ1v) is 8.65. The Kier molecular flexibility index (Phi) is 4.43. The zero-order chi connectivity index (χ0) is 17.5. The van der Waals surface area contributed by atoms with E-state index in [1.54, 1.807) is 6.07 Å². The Labute approximate surface area is 148 Å². The minimum Gasteiger partial charge on any atom is -0.351 e. The number of alkyl halides is 2. The highest BCUT2D eigenvalue weighted by atomic mass is 79.9. The highest BCUT2D eigenvalue weighted by molar-refractivity contribution is 9.10. The van der Waals surface area contributed by atoms with Crippen molar-refractivity contribution < 1.29 is 18.4 Å². The van der Waals surface area contributed by atoms with Gasteiger partial charge in [-0.15, -0.1) is 0 Å². The second kappa shape index (κ2) is 6.25. The number of carbonyl (C=O) groups is 2. The van der Waals surface area contributed by atoms with Crippen LogP contribution in [-0.4, -0.2) is 47.4 Å². The number of aromatic nitrogens is 1. The van der Waals surface area contributed by atoms with Crippen LogP contribution in [-0.2, 0) is 4.79 Å². The molecule has 1 fully saturated rings. The fraction of sp³-hybridized carbons (Fsp3) is 0.357. The number of amides is 3. The van der Waals surface area contributed by atoms with Crippen molar-refractivity contribution in [1.82, 2.24) is 9.88 Å². The van der Waals surface area contributed by atoms with Crippen molar-refractivity contribution in [3.8, 4) is 0 Å². The summed E-state index contributed by atoms with van der Waals surface area (Å²) in [5.74, 6) is -3.24. The fourth-order valence-corrected chi connectivity index (χ4v) is 3.90. The fourth-order valence-electron chi connectivity index (χ4n) is 2.36. The summed E-state index contributed by atoms with van der Waals surface area (Å²) in [5, 5.41) is 0.373. The van der Waals surface area contributed by atoms with Crippen LogP contribution in [0, 0.1) is 0 Å². The second-order valence-electron chi connectivity index (χ2n) is 5.45. The van der Waals surface area contributed by atoms with Crippen LogP contribution in [0.3, 0.4) is 0 Å². The van der Waals surface area contributed by atoms with E-state index in [0.29, 0.717) is 10.6 Å². The highest BCUT2D eigenvalue weighted by Crippen LogP contribution is 2.31. The molecule has 0 atom stereocenters. The van der Waals surface area contributed by atoms with Crippen LogP contribution in [0.4, 0.5) is 18.7 Å². The molecule has 2 N–H and O–H groups in total. The van der Waals surface area contributed by atoms with Gasteiger partial charge in [0.25, 0.3) is 5.92 Å². The topological polar surface area (TPSA) is 79.5 Å². The summed E-state index contributed by atoms with van der Waals surface area (Å²) >= 11 is 4.63. The minimum absolute atomic E-state index is 0.00275. The smallest absolute Gasteiger partial charge is 0.321 e. The van der Waals surface area contributed by atoms with Crippen molar-refractivity contribution in [2.24, 2.45) is 5.73 Å². The Morgan fingerprint density at radius 3 is 2.75 bits per heavy atom. The van der Waals surface area contributed by atoms with Gasteiger partial charge >= 0.3 is 6.03 Å². The SMILES string of the molecule is NC(=O)N(CCC(=O)N1CC(F)(F)C1)c1nc2ccc(Br)cc2s1. The number of halogens is 3. The monoisotopic (exact) mass is 418 g/mol. The van der Waals surface area contributed by atoms with Gasteiger partial charge in [-0.2, -0.15) is 0 Å². The number of carbonyl (C=O) groups excluding carboxylic acids is 2. The lowest BCUT2D eigenvalue weighted by Gasteiger charge is -2.38. The first-order valence-electron chi connectivity index (χ1n) is 7.04. The largest absolute Gasteiger partial charge is 0.351 e. The van der Waals surface area contributed by atoms with Gasteiger partial charge in [-0.05, 0) is 18.2 Å². The van der Waals surface area contributed by atoms with Crippen LogP contribution < -0.4 is 10.6 Å². The molecule has 0 bridgehead atoms. The number of primary amides is 1. The minimum atomic E-state index is -2.81. The first kappa shape index (κ1) is 17.0. The number of anilines is 1. The van der Waals surface area contributed by atoms with E-state index >= 15 is 0 Å². The maximum Gasteiger partial charge on any atom is 0.321 e. The molecule has 128 valence electrons. The number of hydrogen-bond donors (Lipinski definition) is 1. The molecule has 3 rings (SSSR count). The van der Waals surface area contributed by atoms with Crippen LogP contribution in [0.15, 0.2) is 22.7 Å². The van der Waals surface area contributed by atoms with Gasteiger partial charge in [0.05, 0.1) is 23.3 Å². The van der Waals surface area contributed by atoms with Gasteiger partial charge in [-0.1, -0.05) is 27.3 Å². The summed E-state index contributed by atoms with van der Waals surface area (Å²) in [6.07, 6.45) is -0.0847. The molecule has 1 saturated heterocycles. The Hall–Kier alpha value is -1.81. The third-order valence-electron chi connectivity index (χ3n) is 3.58. The molecular weight excluding hydrogens is 406 g/mol. The third kappa shape index (κ3) is 3.48. The average molecular weight is 419 g/mol. The van der Waals surface area contributed by atoms with E-state index in [4.69, 9.17) is 5.73 Å². The maximum absolute atomic E-state index is 12.8. The lowest BCUT2D eigenvalue weighted by molar-refractivity contribution is -0.165. The number of likely N-dealkylation sites (tertiary alicyclic amines) is 1. The highest BCUT2D eigenvalue weighted by Gasteiger charge is 2.45. The van der Waals surface area contributed by atoms with E-state index in [2.05, 4.69) is 20.9 Å². The van der Waals surface area contributed by atoms with E-state index in [9.17, 15) is 18.4 Å². The van der Waals surface area contributed by atoms with Gasteiger partial charge in [0.15, 0.2) is 5.13 Å². The molecule has 10 heteroatoms.